The molecular formula is C15H23N3O2. The van der Waals surface area contributed by atoms with E-state index in [0.29, 0.717) is 12.3 Å². The van der Waals surface area contributed by atoms with Gasteiger partial charge in [-0.2, -0.15) is 0 Å². The second-order valence-electron chi connectivity index (χ2n) is 5.37. The van der Waals surface area contributed by atoms with E-state index in [0.717, 1.165) is 37.2 Å². The van der Waals surface area contributed by atoms with Gasteiger partial charge >= 0.3 is 0 Å². The van der Waals surface area contributed by atoms with Crippen LogP contribution in [0, 0.1) is 6.92 Å². The normalized spacial score (nSPS) is 16.9. The summed E-state index contributed by atoms with van der Waals surface area (Å²) in [5, 5.41) is 2.91. The maximum absolute atomic E-state index is 12.1. The Morgan fingerprint density at radius 3 is 2.80 bits per heavy atom. The molecule has 0 spiro atoms. The Kier molecular flexibility index (Phi) is 4.98. The number of carbonyl (C=O) groups is 1. The molecule has 0 aliphatic carbocycles. The van der Waals surface area contributed by atoms with Gasteiger partial charge in [-0.15, -0.1) is 0 Å². The average Bonchev–Trinajstić information content (AvgIpc) is 2.43. The van der Waals surface area contributed by atoms with Crippen molar-refractivity contribution >= 4 is 11.6 Å². The Labute approximate surface area is 120 Å². The molecule has 0 saturated carbocycles. The highest BCUT2D eigenvalue weighted by molar-refractivity contribution is 5.93. The largest absolute Gasteiger partial charge is 0.495 e. The van der Waals surface area contributed by atoms with Crippen LogP contribution in [0.5, 0.6) is 5.75 Å². The third-order valence-corrected chi connectivity index (χ3v) is 3.63. The van der Waals surface area contributed by atoms with Crippen molar-refractivity contribution in [3.8, 4) is 5.75 Å². The lowest BCUT2D eigenvalue weighted by molar-refractivity contribution is -0.117. The van der Waals surface area contributed by atoms with Gasteiger partial charge in [0.1, 0.15) is 5.75 Å². The Hall–Kier alpha value is -1.59. The minimum Gasteiger partial charge on any atom is -0.495 e. The molecule has 1 aliphatic heterocycles. The molecule has 20 heavy (non-hydrogen) atoms. The van der Waals surface area contributed by atoms with Crippen molar-refractivity contribution in [1.29, 1.82) is 0 Å². The summed E-state index contributed by atoms with van der Waals surface area (Å²) in [7, 11) is 1.61. The topological polar surface area (TPSA) is 67.6 Å². The van der Waals surface area contributed by atoms with Gasteiger partial charge in [-0.3, -0.25) is 9.69 Å². The number of benzene rings is 1. The predicted molar refractivity (Wildman–Crippen MR) is 80.0 cm³/mol. The monoisotopic (exact) mass is 277 g/mol. The number of aryl methyl sites for hydroxylation is 1. The second-order valence-corrected chi connectivity index (χ2v) is 5.37. The van der Waals surface area contributed by atoms with Gasteiger partial charge in [0.05, 0.1) is 19.3 Å². The molecule has 1 fully saturated rings. The molecule has 1 aliphatic rings. The molecular weight excluding hydrogens is 254 g/mol. The van der Waals surface area contributed by atoms with Crippen LogP contribution in [-0.4, -0.2) is 43.6 Å². The molecule has 1 heterocycles. The first kappa shape index (κ1) is 14.8. The van der Waals surface area contributed by atoms with Crippen molar-refractivity contribution in [1.82, 2.24) is 4.90 Å². The van der Waals surface area contributed by atoms with Crippen molar-refractivity contribution in [3.05, 3.63) is 23.8 Å². The molecule has 0 radical (unpaired) electrons. The number of piperidine rings is 1. The fourth-order valence-corrected chi connectivity index (χ4v) is 2.41. The number of hydrogen-bond acceptors (Lipinski definition) is 4. The molecule has 1 amide bonds. The maximum atomic E-state index is 12.1. The number of carbonyl (C=O) groups excluding carboxylic acids is 1. The summed E-state index contributed by atoms with van der Waals surface area (Å²) in [5.41, 5.74) is 7.68. The zero-order valence-electron chi connectivity index (χ0n) is 12.2. The Bertz CT molecular complexity index is 468. The highest BCUT2D eigenvalue weighted by Gasteiger charge is 2.18. The van der Waals surface area contributed by atoms with Crippen LogP contribution in [0.15, 0.2) is 18.2 Å². The quantitative estimate of drug-likeness (QED) is 0.872. The van der Waals surface area contributed by atoms with Crippen LogP contribution in [0.1, 0.15) is 18.4 Å². The van der Waals surface area contributed by atoms with Crippen molar-refractivity contribution in [2.45, 2.75) is 25.8 Å². The summed E-state index contributed by atoms with van der Waals surface area (Å²) in [5.74, 6) is 0.682. The standard InChI is InChI=1S/C15H23N3O2/c1-11-3-4-13(14(9-11)20-2)17-15(19)10-18-7-5-12(16)6-8-18/h3-4,9,12H,5-8,10,16H2,1-2H3,(H,17,19). The third kappa shape index (κ3) is 3.95. The molecule has 0 bridgehead atoms. The van der Waals surface area contributed by atoms with E-state index in [1.54, 1.807) is 7.11 Å². The van der Waals surface area contributed by atoms with E-state index >= 15 is 0 Å². The van der Waals surface area contributed by atoms with Gasteiger partial charge in [0, 0.05) is 19.1 Å². The van der Waals surface area contributed by atoms with E-state index < -0.39 is 0 Å². The number of rotatable bonds is 4. The van der Waals surface area contributed by atoms with Crippen LogP contribution in [0.25, 0.3) is 0 Å². The number of methoxy groups -OCH3 is 1. The molecule has 1 aromatic carbocycles. The Morgan fingerprint density at radius 2 is 2.15 bits per heavy atom. The van der Waals surface area contributed by atoms with Crippen LogP contribution in [-0.2, 0) is 4.79 Å². The number of nitrogens with two attached hydrogens (primary N) is 1. The molecule has 1 aromatic rings. The lowest BCUT2D eigenvalue weighted by Crippen LogP contribution is -2.43. The highest BCUT2D eigenvalue weighted by Crippen LogP contribution is 2.25. The van der Waals surface area contributed by atoms with Crippen LogP contribution in [0.3, 0.4) is 0 Å². The molecule has 5 heteroatoms. The Morgan fingerprint density at radius 1 is 1.45 bits per heavy atom. The van der Waals surface area contributed by atoms with Crippen molar-refractivity contribution < 1.29 is 9.53 Å². The molecule has 110 valence electrons. The first-order valence-electron chi connectivity index (χ1n) is 7.01. The van der Waals surface area contributed by atoms with Gasteiger partial charge in [0.2, 0.25) is 5.91 Å². The van der Waals surface area contributed by atoms with Crippen molar-refractivity contribution in [2.75, 3.05) is 32.1 Å². The summed E-state index contributed by atoms with van der Waals surface area (Å²) in [4.78, 5) is 14.2. The van der Waals surface area contributed by atoms with E-state index in [4.69, 9.17) is 10.5 Å². The van der Waals surface area contributed by atoms with E-state index in [-0.39, 0.29) is 11.9 Å². The first-order valence-corrected chi connectivity index (χ1v) is 7.01. The molecule has 1 saturated heterocycles. The lowest BCUT2D eigenvalue weighted by Gasteiger charge is -2.29. The minimum absolute atomic E-state index is 0.0115. The van der Waals surface area contributed by atoms with Gasteiger partial charge in [-0.05, 0) is 37.5 Å². The first-order chi connectivity index (χ1) is 9.58. The number of nitrogens with one attached hydrogen (secondary N) is 1. The number of hydrogen-bond donors (Lipinski definition) is 2. The van der Waals surface area contributed by atoms with Crippen molar-refractivity contribution in [3.63, 3.8) is 0 Å². The van der Waals surface area contributed by atoms with E-state index in [1.165, 1.54) is 0 Å². The SMILES string of the molecule is COc1cc(C)ccc1NC(=O)CN1CCC(N)CC1. The van der Waals surface area contributed by atoms with E-state index in [1.807, 2.05) is 25.1 Å². The van der Waals surface area contributed by atoms with Crippen LogP contribution in [0.4, 0.5) is 5.69 Å². The smallest absolute Gasteiger partial charge is 0.238 e. The second kappa shape index (κ2) is 6.72. The molecule has 3 N–H and O–H groups in total. The number of nitrogens with zero attached hydrogens (tertiary/aromatic N) is 1. The number of likely N-dealkylation sites (tertiary alicyclic amines) is 1. The molecule has 0 unspecified atom stereocenters. The summed E-state index contributed by atoms with van der Waals surface area (Å²) in [6.45, 7) is 4.17. The molecule has 5 nitrogen and oxygen atoms in total. The number of amides is 1. The summed E-state index contributed by atoms with van der Waals surface area (Å²) in [6, 6.07) is 6.03. The summed E-state index contributed by atoms with van der Waals surface area (Å²) >= 11 is 0. The van der Waals surface area contributed by atoms with Crippen LogP contribution in [0.2, 0.25) is 0 Å². The zero-order chi connectivity index (χ0) is 14.5. The highest BCUT2D eigenvalue weighted by atomic mass is 16.5. The third-order valence-electron chi connectivity index (χ3n) is 3.63. The van der Waals surface area contributed by atoms with Gasteiger partial charge in [-0.1, -0.05) is 6.07 Å². The summed E-state index contributed by atoms with van der Waals surface area (Å²) < 4.78 is 5.29. The minimum atomic E-state index is -0.0115. The molecule has 0 atom stereocenters. The average molecular weight is 277 g/mol. The van der Waals surface area contributed by atoms with Crippen LogP contribution < -0.4 is 15.8 Å². The van der Waals surface area contributed by atoms with Crippen LogP contribution >= 0.6 is 0 Å². The fourth-order valence-electron chi connectivity index (χ4n) is 2.41. The molecule has 2 rings (SSSR count). The summed E-state index contributed by atoms with van der Waals surface area (Å²) in [6.07, 6.45) is 1.92. The van der Waals surface area contributed by atoms with E-state index in [2.05, 4.69) is 10.2 Å². The van der Waals surface area contributed by atoms with E-state index in [9.17, 15) is 4.79 Å². The van der Waals surface area contributed by atoms with Gasteiger partial charge < -0.3 is 15.8 Å². The zero-order valence-corrected chi connectivity index (χ0v) is 12.2. The lowest BCUT2D eigenvalue weighted by atomic mass is 10.1. The predicted octanol–water partition coefficient (Wildman–Crippen LogP) is 1.37. The van der Waals surface area contributed by atoms with Gasteiger partial charge in [0.15, 0.2) is 0 Å². The Balaban J connectivity index is 1.91. The van der Waals surface area contributed by atoms with Gasteiger partial charge in [-0.25, -0.2) is 0 Å². The maximum Gasteiger partial charge on any atom is 0.238 e. The number of ether oxygens (including phenoxy) is 1. The van der Waals surface area contributed by atoms with Gasteiger partial charge in [0.25, 0.3) is 0 Å². The fraction of sp³-hybridized carbons (Fsp3) is 0.533. The molecule has 0 aromatic heterocycles. The number of anilines is 1. The van der Waals surface area contributed by atoms with Crippen molar-refractivity contribution in [2.24, 2.45) is 5.73 Å².